The largest absolute Gasteiger partial charge is 0.333 e. The maximum absolute atomic E-state index is 13.7. The van der Waals surface area contributed by atoms with Crippen molar-refractivity contribution < 1.29 is 9.59 Å². The van der Waals surface area contributed by atoms with Crippen molar-refractivity contribution >= 4 is 29.1 Å². The highest BCUT2D eigenvalue weighted by Crippen LogP contribution is 2.27. The standard InChI is InChI=1S/C28H34ClN5O2/c1-3-12-33-21-25(18-30-33)28(36)32-16-15-31(19-23-8-5-4-6-9-23)13-7-14-34(22(2)35)27-11-10-26(29)17-24(27)20-32/h4-6,8-11,17-18,21H,3,7,12-16,19-20H2,1-2H3. The number of carbonyl (C=O) groups excluding carboxylic acids is 2. The first-order chi connectivity index (χ1) is 17.4. The van der Waals surface area contributed by atoms with Crippen LogP contribution in [0.4, 0.5) is 5.69 Å². The molecule has 0 N–H and O–H groups in total. The van der Waals surface area contributed by atoms with Crippen LogP contribution in [0.25, 0.3) is 0 Å². The zero-order chi connectivity index (χ0) is 25.5. The number of halogens is 1. The summed E-state index contributed by atoms with van der Waals surface area (Å²) >= 11 is 6.37. The van der Waals surface area contributed by atoms with E-state index in [9.17, 15) is 9.59 Å². The Morgan fingerprint density at radius 1 is 1.03 bits per heavy atom. The lowest BCUT2D eigenvalue weighted by Crippen LogP contribution is -2.38. The second kappa shape index (κ2) is 12.2. The van der Waals surface area contributed by atoms with Gasteiger partial charge in [0.2, 0.25) is 5.91 Å². The van der Waals surface area contributed by atoms with Gasteiger partial charge in [-0.15, -0.1) is 0 Å². The first-order valence-electron chi connectivity index (χ1n) is 12.6. The predicted octanol–water partition coefficient (Wildman–Crippen LogP) is 4.85. The number of benzene rings is 2. The fourth-order valence-corrected chi connectivity index (χ4v) is 4.88. The van der Waals surface area contributed by atoms with Gasteiger partial charge >= 0.3 is 0 Å². The maximum Gasteiger partial charge on any atom is 0.257 e. The first kappa shape index (κ1) is 25.9. The highest BCUT2D eigenvalue weighted by atomic mass is 35.5. The average Bonchev–Trinajstić information content (AvgIpc) is 3.32. The lowest BCUT2D eigenvalue weighted by atomic mass is 10.1. The SMILES string of the molecule is CCCn1cc(C(=O)N2CCN(Cc3ccccc3)CCCN(C(C)=O)c3ccc(Cl)cc3C2)cn1. The van der Waals surface area contributed by atoms with Crippen molar-refractivity contribution in [3.8, 4) is 0 Å². The van der Waals surface area contributed by atoms with Crippen molar-refractivity contribution in [1.29, 1.82) is 0 Å². The van der Waals surface area contributed by atoms with E-state index in [0.29, 0.717) is 30.2 Å². The number of carbonyl (C=O) groups is 2. The van der Waals surface area contributed by atoms with Crippen LogP contribution in [0.1, 0.15) is 48.2 Å². The Labute approximate surface area is 218 Å². The Balaban J connectivity index is 1.67. The Kier molecular flexibility index (Phi) is 8.78. The second-order valence-corrected chi connectivity index (χ2v) is 9.71. The molecule has 2 heterocycles. The molecule has 36 heavy (non-hydrogen) atoms. The molecule has 4 rings (SSSR count). The Hall–Kier alpha value is -3.16. The molecule has 7 nitrogen and oxygen atoms in total. The molecule has 1 aliphatic heterocycles. The number of hydrogen-bond donors (Lipinski definition) is 0. The summed E-state index contributed by atoms with van der Waals surface area (Å²) in [7, 11) is 0. The van der Waals surface area contributed by atoms with E-state index < -0.39 is 0 Å². The van der Waals surface area contributed by atoms with Crippen molar-refractivity contribution in [3.05, 3.63) is 82.6 Å². The summed E-state index contributed by atoms with van der Waals surface area (Å²) in [6.45, 7) is 8.28. The van der Waals surface area contributed by atoms with Gasteiger partial charge in [0, 0.05) is 69.6 Å². The third-order valence-corrected chi connectivity index (χ3v) is 6.72. The summed E-state index contributed by atoms with van der Waals surface area (Å²) in [6.07, 6.45) is 5.23. The van der Waals surface area contributed by atoms with E-state index in [4.69, 9.17) is 11.6 Å². The van der Waals surface area contributed by atoms with Crippen LogP contribution in [-0.4, -0.2) is 57.6 Å². The number of anilines is 1. The maximum atomic E-state index is 13.7. The monoisotopic (exact) mass is 507 g/mol. The van der Waals surface area contributed by atoms with Crippen molar-refractivity contribution in [3.63, 3.8) is 0 Å². The Bertz CT molecular complexity index is 1180. The van der Waals surface area contributed by atoms with E-state index in [-0.39, 0.29) is 11.8 Å². The molecule has 8 heteroatoms. The zero-order valence-corrected chi connectivity index (χ0v) is 21.8. The van der Waals surface area contributed by atoms with Gasteiger partial charge in [0.15, 0.2) is 0 Å². The third-order valence-electron chi connectivity index (χ3n) is 6.48. The summed E-state index contributed by atoms with van der Waals surface area (Å²) in [5, 5.41) is 4.95. The number of nitrogens with zero attached hydrogens (tertiary/aromatic N) is 5. The van der Waals surface area contributed by atoms with Crippen LogP contribution in [0.5, 0.6) is 0 Å². The van der Waals surface area contributed by atoms with E-state index in [0.717, 1.165) is 50.3 Å². The van der Waals surface area contributed by atoms with E-state index >= 15 is 0 Å². The van der Waals surface area contributed by atoms with Crippen LogP contribution in [0.15, 0.2) is 60.9 Å². The van der Waals surface area contributed by atoms with Crippen molar-refractivity contribution in [2.45, 2.75) is 46.3 Å². The molecule has 0 saturated heterocycles. The van der Waals surface area contributed by atoms with Crippen molar-refractivity contribution in [1.82, 2.24) is 19.6 Å². The second-order valence-electron chi connectivity index (χ2n) is 9.28. The summed E-state index contributed by atoms with van der Waals surface area (Å²) < 4.78 is 1.81. The summed E-state index contributed by atoms with van der Waals surface area (Å²) in [4.78, 5) is 32.4. The molecule has 1 aromatic heterocycles. The van der Waals surface area contributed by atoms with Crippen LogP contribution >= 0.6 is 11.6 Å². The van der Waals surface area contributed by atoms with Gasteiger partial charge in [-0.3, -0.25) is 19.2 Å². The molecular weight excluding hydrogens is 474 g/mol. The molecule has 2 aromatic carbocycles. The fraction of sp³-hybridized carbons (Fsp3) is 0.393. The number of aromatic nitrogens is 2. The minimum absolute atomic E-state index is 0.0221. The van der Waals surface area contributed by atoms with E-state index in [2.05, 4.69) is 29.1 Å². The quantitative estimate of drug-likeness (QED) is 0.495. The number of hydrogen-bond acceptors (Lipinski definition) is 4. The summed E-state index contributed by atoms with van der Waals surface area (Å²) in [6, 6.07) is 15.9. The van der Waals surface area contributed by atoms with Crippen LogP contribution in [-0.2, 0) is 24.4 Å². The molecule has 0 aliphatic carbocycles. The molecule has 0 bridgehead atoms. The number of rotatable bonds is 5. The molecule has 0 saturated carbocycles. The molecule has 0 spiro atoms. The van der Waals surface area contributed by atoms with Crippen LogP contribution < -0.4 is 4.90 Å². The van der Waals surface area contributed by atoms with Crippen LogP contribution in [0.3, 0.4) is 0 Å². The molecule has 190 valence electrons. The predicted molar refractivity (Wildman–Crippen MR) is 143 cm³/mol. The van der Waals surface area contributed by atoms with Gasteiger partial charge in [0.25, 0.3) is 5.91 Å². The van der Waals surface area contributed by atoms with Gasteiger partial charge in [-0.05, 0) is 42.2 Å². The summed E-state index contributed by atoms with van der Waals surface area (Å²) in [5.41, 5.74) is 3.47. The third kappa shape index (κ3) is 6.53. The fourth-order valence-electron chi connectivity index (χ4n) is 4.68. The zero-order valence-electron chi connectivity index (χ0n) is 21.1. The molecule has 2 amide bonds. The highest BCUT2D eigenvalue weighted by Gasteiger charge is 2.24. The van der Waals surface area contributed by atoms with Gasteiger partial charge in [-0.2, -0.15) is 5.10 Å². The topological polar surface area (TPSA) is 61.7 Å². The van der Waals surface area contributed by atoms with Gasteiger partial charge in [0.1, 0.15) is 0 Å². The van der Waals surface area contributed by atoms with Crippen molar-refractivity contribution in [2.24, 2.45) is 0 Å². The van der Waals surface area contributed by atoms with Gasteiger partial charge in [0.05, 0.1) is 11.8 Å². The molecule has 0 unspecified atom stereocenters. The number of aryl methyl sites for hydroxylation is 1. The van der Waals surface area contributed by atoms with Gasteiger partial charge in [-0.25, -0.2) is 0 Å². The minimum atomic E-state index is -0.0726. The molecule has 0 fully saturated rings. The van der Waals surface area contributed by atoms with Crippen LogP contribution in [0, 0.1) is 0 Å². The lowest BCUT2D eigenvalue weighted by molar-refractivity contribution is -0.116. The highest BCUT2D eigenvalue weighted by molar-refractivity contribution is 6.30. The smallest absolute Gasteiger partial charge is 0.257 e. The molecular formula is C28H34ClN5O2. The molecule has 0 radical (unpaired) electrons. The Morgan fingerprint density at radius 2 is 1.83 bits per heavy atom. The first-order valence-corrected chi connectivity index (χ1v) is 13.0. The molecule has 1 aliphatic rings. The molecule has 0 atom stereocenters. The Morgan fingerprint density at radius 3 is 2.58 bits per heavy atom. The van der Waals surface area contributed by atoms with Gasteiger partial charge in [-0.1, -0.05) is 48.9 Å². The minimum Gasteiger partial charge on any atom is -0.333 e. The molecule has 3 aromatic rings. The average molecular weight is 508 g/mol. The van der Waals surface area contributed by atoms with Crippen LogP contribution in [0.2, 0.25) is 5.02 Å². The number of fused-ring (bicyclic) bond motifs is 1. The van der Waals surface area contributed by atoms with Crippen molar-refractivity contribution in [2.75, 3.05) is 31.1 Å². The van der Waals surface area contributed by atoms with E-state index in [1.807, 2.05) is 46.1 Å². The van der Waals surface area contributed by atoms with E-state index in [1.54, 1.807) is 24.1 Å². The number of amides is 2. The normalized spacial score (nSPS) is 15.3. The van der Waals surface area contributed by atoms with Gasteiger partial charge < -0.3 is 9.80 Å². The lowest BCUT2D eigenvalue weighted by Gasteiger charge is -2.28. The summed E-state index contributed by atoms with van der Waals surface area (Å²) in [5.74, 6) is -0.0947. The van der Waals surface area contributed by atoms with E-state index in [1.165, 1.54) is 5.56 Å².